The zero-order valence-electron chi connectivity index (χ0n) is 16.3. The van der Waals surface area contributed by atoms with E-state index in [1.165, 1.54) is 5.56 Å². The van der Waals surface area contributed by atoms with Crippen molar-refractivity contribution in [3.63, 3.8) is 0 Å². The van der Waals surface area contributed by atoms with Gasteiger partial charge in [0.15, 0.2) is 0 Å². The molecule has 0 spiro atoms. The van der Waals surface area contributed by atoms with E-state index in [9.17, 15) is 9.59 Å². The Kier molecular flexibility index (Phi) is 7.16. The van der Waals surface area contributed by atoms with Crippen molar-refractivity contribution in [3.05, 3.63) is 70.8 Å². The zero-order chi connectivity index (χ0) is 20.1. The number of carbonyl (C=O) groups is 2. The van der Waals surface area contributed by atoms with Crippen LogP contribution in [0.25, 0.3) is 0 Å². The number of aromatic carboxylic acids is 1. The van der Waals surface area contributed by atoms with Crippen LogP contribution in [0.3, 0.4) is 0 Å². The Morgan fingerprint density at radius 3 is 1.23 bits per heavy atom. The van der Waals surface area contributed by atoms with Gasteiger partial charge in [0.25, 0.3) is 5.24 Å². The van der Waals surface area contributed by atoms with Gasteiger partial charge in [-0.2, -0.15) is 0 Å². The second-order valence-electron chi connectivity index (χ2n) is 8.23. The van der Waals surface area contributed by atoms with E-state index in [0.29, 0.717) is 11.1 Å². The number of carboxylic acids is 1. The molecule has 3 nitrogen and oxygen atoms in total. The normalized spacial score (nSPS) is 11.3. The number of benzene rings is 2. The van der Waals surface area contributed by atoms with E-state index in [2.05, 4.69) is 41.5 Å². The monoisotopic (exact) mass is 374 g/mol. The summed E-state index contributed by atoms with van der Waals surface area (Å²) in [5.74, 6) is -0.875. The predicted octanol–water partition coefficient (Wildman–Crippen LogP) is 6.05. The second-order valence-corrected chi connectivity index (χ2v) is 8.58. The van der Waals surface area contributed by atoms with Gasteiger partial charge in [-0.3, -0.25) is 4.79 Å². The average molecular weight is 375 g/mol. The van der Waals surface area contributed by atoms with Crippen LogP contribution in [0.2, 0.25) is 0 Å². The van der Waals surface area contributed by atoms with Crippen LogP contribution in [-0.2, 0) is 10.8 Å². The lowest BCUT2D eigenvalue weighted by molar-refractivity contribution is 0.0696. The maximum absolute atomic E-state index is 10.8. The van der Waals surface area contributed by atoms with Crippen molar-refractivity contribution in [1.29, 1.82) is 0 Å². The highest BCUT2D eigenvalue weighted by atomic mass is 35.5. The molecule has 0 aliphatic carbocycles. The van der Waals surface area contributed by atoms with E-state index < -0.39 is 11.2 Å². The molecule has 0 saturated carbocycles. The van der Waals surface area contributed by atoms with Gasteiger partial charge < -0.3 is 5.11 Å². The number of carboxylic acid groups (broad SMARTS) is 1. The summed E-state index contributed by atoms with van der Waals surface area (Å²) in [5.41, 5.74) is 3.44. The fourth-order valence-corrected chi connectivity index (χ4v) is 2.34. The predicted molar refractivity (Wildman–Crippen MR) is 107 cm³/mol. The third-order valence-electron chi connectivity index (χ3n) is 3.98. The van der Waals surface area contributed by atoms with Gasteiger partial charge in [0.2, 0.25) is 0 Å². The molecule has 0 unspecified atom stereocenters. The minimum Gasteiger partial charge on any atom is -0.478 e. The van der Waals surface area contributed by atoms with Crippen LogP contribution in [0.1, 0.15) is 73.4 Å². The van der Waals surface area contributed by atoms with Crippen LogP contribution in [0, 0.1) is 0 Å². The topological polar surface area (TPSA) is 54.4 Å². The lowest BCUT2D eigenvalue weighted by atomic mass is 9.87. The number of rotatable bonds is 2. The standard InChI is InChI=1S/C11H13ClO.C11H14O2/c2*1-11(2,3)9-6-4-8(5-7-9)10(12)13/h4-7H,1-3H3;4-7H,1-3H3,(H,12,13). The number of hydrogen-bond donors (Lipinski definition) is 1. The van der Waals surface area contributed by atoms with Crippen LogP contribution in [0.5, 0.6) is 0 Å². The first kappa shape index (κ1) is 21.9. The van der Waals surface area contributed by atoms with Crippen molar-refractivity contribution in [1.82, 2.24) is 0 Å². The summed E-state index contributed by atoms with van der Waals surface area (Å²) < 4.78 is 0. The summed E-state index contributed by atoms with van der Waals surface area (Å²) in [6.07, 6.45) is 0. The fourth-order valence-electron chi connectivity index (χ4n) is 2.21. The molecule has 0 bridgehead atoms. The quantitative estimate of drug-likeness (QED) is 0.651. The largest absolute Gasteiger partial charge is 0.478 e. The second kappa shape index (κ2) is 8.50. The molecule has 0 heterocycles. The smallest absolute Gasteiger partial charge is 0.335 e. The van der Waals surface area contributed by atoms with Gasteiger partial charge >= 0.3 is 5.97 Å². The third-order valence-corrected chi connectivity index (χ3v) is 4.19. The van der Waals surface area contributed by atoms with Crippen molar-refractivity contribution in [2.24, 2.45) is 0 Å². The molecule has 0 aliphatic heterocycles. The fraction of sp³-hybridized carbons (Fsp3) is 0.364. The lowest BCUT2D eigenvalue weighted by Crippen LogP contribution is -2.11. The highest BCUT2D eigenvalue weighted by molar-refractivity contribution is 6.67. The minimum atomic E-state index is -0.875. The van der Waals surface area contributed by atoms with Gasteiger partial charge in [-0.15, -0.1) is 0 Å². The van der Waals surface area contributed by atoms with Gasteiger partial charge in [0, 0.05) is 5.56 Å². The molecule has 4 heteroatoms. The van der Waals surface area contributed by atoms with Gasteiger partial charge in [-0.25, -0.2) is 4.79 Å². The third kappa shape index (κ3) is 6.64. The highest BCUT2D eigenvalue weighted by Crippen LogP contribution is 2.23. The van der Waals surface area contributed by atoms with Crippen LogP contribution in [0.15, 0.2) is 48.5 Å². The Hall–Kier alpha value is -2.13. The first-order valence-electron chi connectivity index (χ1n) is 8.46. The number of carbonyl (C=O) groups excluding carboxylic acids is 1. The number of hydrogen-bond acceptors (Lipinski definition) is 2. The average Bonchev–Trinajstić information content (AvgIpc) is 2.54. The highest BCUT2D eigenvalue weighted by Gasteiger charge is 2.14. The molecule has 0 radical (unpaired) electrons. The minimum absolute atomic E-state index is 0.0804. The maximum Gasteiger partial charge on any atom is 0.335 e. The molecule has 140 valence electrons. The molecular weight excluding hydrogens is 348 g/mol. The van der Waals surface area contributed by atoms with Crippen LogP contribution >= 0.6 is 11.6 Å². The summed E-state index contributed by atoms with van der Waals surface area (Å²) in [7, 11) is 0. The van der Waals surface area contributed by atoms with Crippen molar-refractivity contribution >= 4 is 22.8 Å². The summed E-state index contributed by atoms with van der Waals surface area (Å²) in [4.78, 5) is 21.3. The van der Waals surface area contributed by atoms with E-state index in [1.54, 1.807) is 24.3 Å². The van der Waals surface area contributed by atoms with Crippen LogP contribution in [-0.4, -0.2) is 16.3 Å². The molecule has 26 heavy (non-hydrogen) atoms. The SMILES string of the molecule is CC(C)(C)c1ccc(C(=O)Cl)cc1.CC(C)(C)c1ccc(C(=O)O)cc1. The summed E-state index contributed by atoms with van der Waals surface area (Å²) in [6, 6.07) is 14.4. The van der Waals surface area contributed by atoms with Crippen molar-refractivity contribution < 1.29 is 14.7 Å². The Balaban J connectivity index is 0.000000260. The van der Waals surface area contributed by atoms with E-state index in [0.717, 1.165) is 5.56 Å². The van der Waals surface area contributed by atoms with E-state index in [-0.39, 0.29) is 10.8 Å². The Morgan fingerprint density at radius 1 is 0.692 bits per heavy atom. The lowest BCUT2D eigenvalue weighted by Gasteiger charge is -2.18. The van der Waals surface area contributed by atoms with Gasteiger partial charge in [0.05, 0.1) is 5.56 Å². The van der Waals surface area contributed by atoms with E-state index >= 15 is 0 Å². The Bertz CT molecular complexity index is 678. The molecule has 2 rings (SSSR count). The molecule has 0 aliphatic rings. The molecular formula is C22H27ClO3. The molecule has 0 aromatic heterocycles. The molecule has 0 amide bonds. The van der Waals surface area contributed by atoms with Gasteiger partial charge in [-0.1, -0.05) is 65.8 Å². The van der Waals surface area contributed by atoms with Gasteiger partial charge in [0.1, 0.15) is 0 Å². The molecule has 0 saturated heterocycles. The number of halogens is 1. The van der Waals surface area contributed by atoms with Crippen LogP contribution in [0.4, 0.5) is 0 Å². The zero-order valence-corrected chi connectivity index (χ0v) is 17.0. The summed E-state index contributed by atoms with van der Waals surface area (Å²) >= 11 is 5.33. The van der Waals surface area contributed by atoms with Gasteiger partial charge in [-0.05, 0) is 57.8 Å². The van der Waals surface area contributed by atoms with E-state index in [1.807, 2.05) is 24.3 Å². The first-order chi connectivity index (χ1) is 11.8. The van der Waals surface area contributed by atoms with Crippen molar-refractivity contribution in [2.45, 2.75) is 52.4 Å². The van der Waals surface area contributed by atoms with E-state index in [4.69, 9.17) is 16.7 Å². The van der Waals surface area contributed by atoms with Crippen LogP contribution < -0.4 is 0 Å². The Morgan fingerprint density at radius 2 is 1.00 bits per heavy atom. The Labute approximate surface area is 161 Å². The molecule has 0 atom stereocenters. The van der Waals surface area contributed by atoms with Crippen molar-refractivity contribution in [3.8, 4) is 0 Å². The van der Waals surface area contributed by atoms with Crippen molar-refractivity contribution in [2.75, 3.05) is 0 Å². The molecule has 2 aromatic rings. The first-order valence-corrected chi connectivity index (χ1v) is 8.84. The summed E-state index contributed by atoms with van der Waals surface area (Å²) in [5, 5.41) is 8.28. The molecule has 0 fully saturated rings. The molecule has 2 aromatic carbocycles. The summed E-state index contributed by atoms with van der Waals surface area (Å²) in [6.45, 7) is 12.7. The molecule has 1 N–H and O–H groups in total. The maximum atomic E-state index is 10.8.